The molecule has 1 aromatic rings. The third kappa shape index (κ3) is 4.54. The lowest BCUT2D eigenvalue weighted by Crippen LogP contribution is -2.34. The number of hydrogen-bond acceptors (Lipinski definition) is 6. The molecule has 0 unspecified atom stereocenters. The van der Waals surface area contributed by atoms with Gasteiger partial charge in [-0.25, -0.2) is 8.42 Å². The zero-order valence-electron chi connectivity index (χ0n) is 11.5. The number of nitriles is 1. The first kappa shape index (κ1) is 17.1. The van der Waals surface area contributed by atoms with E-state index in [-0.39, 0.29) is 10.8 Å². The van der Waals surface area contributed by atoms with Crippen LogP contribution in [0.5, 0.6) is 0 Å². The molecule has 1 rings (SSSR count). The van der Waals surface area contributed by atoms with Crippen LogP contribution in [0.1, 0.15) is 11.3 Å². The van der Waals surface area contributed by atoms with Gasteiger partial charge >= 0.3 is 0 Å². The molecule has 6 nitrogen and oxygen atoms in total. The molecule has 0 aliphatic rings. The molecular weight excluding hydrogens is 300 g/mol. The number of sulfonamides is 1. The predicted octanol–water partition coefficient (Wildman–Crippen LogP) is 1.29. The molecule has 8 heteroatoms. The van der Waals surface area contributed by atoms with E-state index in [9.17, 15) is 8.42 Å². The number of thiophene rings is 1. The summed E-state index contributed by atoms with van der Waals surface area (Å²) < 4.78 is 36.4. The molecule has 0 saturated heterocycles. The Balaban J connectivity index is 2.88. The van der Waals surface area contributed by atoms with E-state index in [2.05, 4.69) is 0 Å². The second kappa shape index (κ2) is 8.34. The number of rotatable bonds is 9. The van der Waals surface area contributed by atoms with Crippen LogP contribution >= 0.6 is 11.3 Å². The van der Waals surface area contributed by atoms with Gasteiger partial charge in [0.15, 0.2) is 0 Å². The van der Waals surface area contributed by atoms with Crippen LogP contribution in [0.2, 0.25) is 0 Å². The van der Waals surface area contributed by atoms with Gasteiger partial charge in [0.2, 0.25) is 0 Å². The van der Waals surface area contributed by atoms with Crippen molar-refractivity contribution in [3.05, 3.63) is 17.0 Å². The monoisotopic (exact) mass is 318 g/mol. The van der Waals surface area contributed by atoms with Crippen LogP contribution in [0.15, 0.2) is 16.3 Å². The summed E-state index contributed by atoms with van der Waals surface area (Å²) in [7, 11) is -0.475. The average Bonchev–Trinajstić information content (AvgIpc) is 2.92. The van der Waals surface area contributed by atoms with Crippen molar-refractivity contribution in [3.8, 4) is 6.07 Å². The van der Waals surface area contributed by atoms with E-state index in [1.54, 1.807) is 7.11 Å². The van der Waals surface area contributed by atoms with Crippen LogP contribution in [-0.2, 0) is 19.5 Å². The zero-order valence-corrected chi connectivity index (χ0v) is 13.2. The van der Waals surface area contributed by atoms with Crippen LogP contribution in [0.3, 0.4) is 0 Å². The highest BCUT2D eigenvalue weighted by atomic mass is 32.2. The quantitative estimate of drug-likeness (QED) is 0.641. The molecule has 112 valence electrons. The minimum Gasteiger partial charge on any atom is -0.385 e. The molecule has 0 spiro atoms. The number of hydrogen-bond donors (Lipinski definition) is 0. The van der Waals surface area contributed by atoms with Gasteiger partial charge in [-0.3, -0.25) is 0 Å². The van der Waals surface area contributed by atoms with Gasteiger partial charge in [-0.1, -0.05) is 0 Å². The minimum absolute atomic E-state index is 0.183. The Morgan fingerprint density at radius 3 is 2.50 bits per heavy atom. The summed E-state index contributed by atoms with van der Waals surface area (Å²) in [6, 6.07) is 4.93. The Labute approximate surface area is 123 Å². The van der Waals surface area contributed by atoms with Crippen LogP contribution in [0.4, 0.5) is 0 Å². The molecule has 0 N–H and O–H groups in total. The number of methoxy groups -OCH3 is 2. The summed E-state index contributed by atoms with van der Waals surface area (Å²) in [6.45, 7) is 1.46. The van der Waals surface area contributed by atoms with E-state index in [1.807, 2.05) is 6.07 Å². The maximum atomic E-state index is 12.5. The minimum atomic E-state index is -3.58. The Bertz CT molecular complexity index is 548. The van der Waals surface area contributed by atoms with Crippen LogP contribution in [-0.4, -0.2) is 53.2 Å². The summed E-state index contributed by atoms with van der Waals surface area (Å²) in [5, 5.41) is 8.79. The molecule has 0 aliphatic carbocycles. The highest BCUT2D eigenvalue weighted by molar-refractivity contribution is 7.91. The number of nitrogens with zero attached hydrogens (tertiary/aromatic N) is 2. The Morgan fingerprint density at radius 1 is 1.25 bits per heavy atom. The molecule has 0 aliphatic heterocycles. The van der Waals surface area contributed by atoms with E-state index >= 15 is 0 Å². The van der Waals surface area contributed by atoms with Gasteiger partial charge in [-0.15, -0.1) is 11.3 Å². The summed E-state index contributed by atoms with van der Waals surface area (Å²) in [5.41, 5.74) is 0. The second-order valence-corrected chi connectivity index (χ2v) is 7.22. The second-order valence-electron chi connectivity index (χ2n) is 3.97. The van der Waals surface area contributed by atoms with Crippen molar-refractivity contribution in [2.45, 2.75) is 10.6 Å². The summed E-state index contributed by atoms with van der Waals surface area (Å²) in [4.78, 5) is 0.382. The van der Waals surface area contributed by atoms with Crippen LogP contribution in [0.25, 0.3) is 0 Å². The molecule has 0 aromatic carbocycles. The molecule has 20 heavy (non-hydrogen) atoms. The van der Waals surface area contributed by atoms with Crippen LogP contribution in [0, 0.1) is 11.3 Å². The smallest absolute Gasteiger partial charge is 0.252 e. The van der Waals surface area contributed by atoms with Gasteiger partial charge in [-0.2, -0.15) is 9.57 Å². The van der Waals surface area contributed by atoms with E-state index in [4.69, 9.17) is 14.7 Å². The van der Waals surface area contributed by atoms with Gasteiger partial charge in [0.05, 0.1) is 6.61 Å². The van der Waals surface area contributed by atoms with Crippen molar-refractivity contribution in [2.75, 3.05) is 40.5 Å². The van der Waals surface area contributed by atoms with E-state index in [0.29, 0.717) is 31.1 Å². The molecular formula is C12H18N2O4S2. The summed E-state index contributed by atoms with van der Waals surface area (Å²) >= 11 is 0.978. The maximum Gasteiger partial charge on any atom is 0.252 e. The zero-order chi connectivity index (χ0) is 15.0. The first-order chi connectivity index (χ1) is 9.56. The van der Waals surface area contributed by atoms with E-state index < -0.39 is 10.0 Å². The topological polar surface area (TPSA) is 79.6 Å². The normalized spacial score (nSPS) is 11.7. The van der Waals surface area contributed by atoms with Gasteiger partial charge in [0.1, 0.15) is 15.2 Å². The third-order valence-corrected chi connectivity index (χ3v) is 5.94. The standard InChI is InChI=1S/C12H18N2O4S2/c1-17-8-3-6-14(7-9-18-2)20(15,16)12-5-4-11(10-13)19-12/h4-5H,3,6-9H2,1-2H3. The third-order valence-electron chi connectivity index (χ3n) is 2.59. The van der Waals surface area contributed by atoms with Crippen molar-refractivity contribution in [3.63, 3.8) is 0 Å². The first-order valence-electron chi connectivity index (χ1n) is 6.04. The summed E-state index contributed by atoms with van der Waals surface area (Å²) in [6.07, 6.45) is 0.607. The van der Waals surface area contributed by atoms with Gasteiger partial charge in [0, 0.05) is 33.9 Å². The van der Waals surface area contributed by atoms with Crippen molar-refractivity contribution >= 4 is 21.4 Å². The molecule has 0 amide bonds. The predicted molar refractivity (Wildman–Crippen MR) is 76.2 cm³/mol. The van der Waals surface area contributed by atoms with Gasteiger partial charge < -0.3 is 9.47 Å². The molecule has 0 fully saturated rings. The fourth-order valence-corrected chi connectivity index (χ4v) is 4.30. The molecule has 0 atom stereocenters. The Kier molecular flexibility index (Phi) is 7.12. The van der Waals surface area contributed by atoms with Crippen molar-refractivity contribution in [2.24, 2.45) is 0 Å². The Hall–Kier alpha value is -0.980. The molecule has 0 radical (unpaired) electrons. The lowest BCUT2D eigenvalue weighted by molar-refractivity contribution is 0.164. The molecule has 1 heterocycles. The highest BCUT2D eigenvalue weighted by Gasteiger charge is 2.25. The van der Waals surface area contributed by atoms with E-state index in [1.165, 1.54) is 23.5 Å². The van der Waals surface area contributed by atoms with E-state index in [0.717, 1.165) is 11.3 Å². The van der Waals surface area contributed by atoms with Crippen molar-refractivity contribution in [1.82, 2.24) is 4.31 Å². The Morgan fingerprint density at radius 2 is 1.95 bits per heavy atom. The number of ether oxygens (including phenoxy) is 2. The first-order valence-corrected chi connectivity index (χ1v) is 8.30. The molecule has 0 saturated carbocycles. The molecule has 0 bridgehead atoms. The summed E-state index contributed by atoms with van der Waals surface area (Å²) in [5.74, 6) is 0. The SMILES string of the molecule is COCCCN(CCOC)S(=O)(=O)c1ccc(C#N)s1. The van der Waals surface area contributed by atoms with Crippen molar-refractivity contribution in [1.29, 1.82) is 5.26 Å². The lowest BCUT2D eigenvalue weighted by atomic mass is 10.4. The molecule has 1 aromatic heterocycles. The fraction of sp³-hybridized carbons (Fsp3) is 0.583. The largest absolute Gasteiger partial charge is 0.385 e. The van der Waals surface area contributed by atoms with Crippen molar-refractivity contribution < 1.29 is 17.9 Å². The van der Waals surface area contributed by atoms with Gasteiger partial charge in [0.25, 0.3) is 10.0 Å². The highest BCUT2D eigenvalue weighted by Crippen LogP contribution is 2.24. The van der Waals surface area contributed by atoms with Gasteiger partial charge in [-0.05, 0) is 18.6 Å². The average molecular weight is 318 g/mol. The van der Waals surface area contributed by atoms with Crippen LogP contribution < -0.4 is 0 Å². The lowest BCUT2D eigenvalue weighted by Gasteiger charge is -2.20. The fourth-order valence-electron chi connectivity index (χ4n) is 1.58. The maximum absolute atomic E-state index is 12.5.